The van der Waals surface area contributed by atoms with E-state index in [1.165, 1.54) is 6.20 Å². The third-order valence-corrected chi connectivity index (χ3v) is 2.83. The molecule has 1 aromatic rings. The molecule has 0 aliphatic carbocycles. The van der Waals surface area contributed by atoms with E-state index in [1.807, 2.05) is 14.1 Å². The smallest absolute Gasteiger partial charge is 0.272 e. The number of hydrogen-bond donors (Lipinski definition) is 2. The molecule has 3 N–H and O–H groups in total. The van der Waals surface area contributed by atoms with Gasteiger partial charge in [-0.2, -0.15) is 0 Å². The van der Waals surface area contributed by atoms with Crippen molar-refractivity contribution < 1.29 is 10.0 Å². The van der Waals surface area contributed by atoms with E-state index in [4.69, 9.17) is 10.9 Å². The van der Waals surface area contributed by atoms with Crippen molar-refractivity contribution in [1.82, 2.24) is 14.8 Å². The lowest BCUT2D eigenvalue weighted by Gasteiger charge is -2.18. The highest BCUT2D eigenvalue weighted by molar-refractivity contribution is 5.98. The van der Waals surface area contributed by atoms with E-state index in [0.29, 0.717) is 17.8 Å². The van der Waals surface area contributed by atoms with Crippen LogP contribution in [0.15, 0.2) is 23.5 Å². The maximum Gasteiger partial charge on any atom is 0.272 e. The van der Waals surface area contributed by atoms with Gasteiger partial charge in [0.15, 0.2) is 5.84 Å². The van der Waals surface area contributed by atoms with Gasteiger partial charge in [-0.05, 0) is 39.2 Å². The Morgan fingerprint density at radius 3 is 2.55 bits per heavy atom. The van der Waals surface area contributed by atoms with Gasteiger partial charge in [-0.25, -0.2) is 0 Å². The summed E-state index contributed by atoms with van der Waals surface area (Å²) in [5, 5.41) is 11.4. The van der Waals surface area contributed by atoms with Crippen LogP contribution in [0.25, 0.3) is 0 Å². The van der Waals surface area contributed by atoms with Crippen LogP contribution in [-0.2, 0) is 0 Å². The second kappa shape index (κ2) is 7.44. The fourth-order valence-corrected chi connectivity index (χ4v) is 1.65. The molecule has 0 radical (unpaired) electrons. The number of nitrogens with two attached hydrogens (primary N) is 1. The molecule has 7 heteroatoms. The van der Waals surface area contributed by atoms with Gasteiger partial charge in [-0.3, -0.25) is 9.78 Å². The molecule has 0 unspecified atom stereocenters. The lowest BCUT2D eigenvalue weighted by molar-refractivity contribution is 0.0785. The first kappa shape index (κ1) is 15.9. The van der Waals surface area contributed by atoms with Crippen LogP contribution in [0, 0.1) is 0 Å². The van der Waals surface area contributed by atoms with Crippen molar-refractivity contribution in [2.24, 2.45) is 10.9 Å². The molecule has 1 heterocycles. The summed E-state index contributed by atoms with van der Waals surface area (Å²) < 4.78 is 0. The standard InChI is InChI=1S/C13H21N5O2/c1-17(2)7-4-8-18(3)13(19)11-6-5-10(9-15-11)12(14)16-20/h5-6,9,20H,4,7-8H2,1-3H3,(H2,14,16). The second-order valence-corrected chi connectivity index (χ2v) is 4.80. The number of aromatic nitrogens is 1. The molecular formula is C13H21N5O2. The molecule has 1 rings (SSSR count). The number of oxime groups is 1. The highest BCUT2D eigenvalue weighted by Crippen LogP contribution is 2.04. The zero-order valence-electron chi connectivity index (χ0n) is 12.1. The van der Waals surface area contributed by atoms with E-state index in [-0.39, 0.29) is 11.7 Å². The highest BCUT2D eigenvalue weighted by Gasteiger charge is 2.13. The fourth-order valence-electron chi connectivity index (χ4n) is 1.65. The molecule has 0 aliphatic rings. The Kier molecular flexibility index (Phi) is 5.92. The largest absolute Gasteiger partial charge is 0.409 e. The van der Waals surface area contributed by atoms with E-state index in [0.717, 1.165) is 13.0 Å². The Morgan fingerprint density at radius 1 is 1.35 bits per heavy atom. The van der Waals surface area contributed by atoms with Crippen LogP contribution in [0.1, 0.15) is 22.5 Å². The number of rotatable bonds is 6. The van der Waals surface area contributed by atoms with E-state index in [1.54, 1.807) is 24.1 Å². The van der Waals surface area contributed by atoms with Gasteiger partial charge in [-0.1, -0.05) is 5.16 Å². The summed E-state index contributed by atoms with van der Waals surface area (Å²) in [6.07, 6.45) is 2.31. The Balaban J connectivity index is 2.63. The van der Waals surface area contributed by atoms with Crippen molar-refractivity contribution in [3.8, 4) is 0 Å². The first-order chi connectivity index (χ1) is 9.45. The maximum atomic E-state index is 12.1. The molecule has 1 amide bonds. The van der Waals surface area contributed by atoms with Crippen molar-refractivity contribution in [2.45, 2.75) is 6.42 Å². The van der Waals surface area contributed by atoms with Crippen LogP contribution < -0.4 is 5.73 Å². The Labute approximate surface area is 118 Å². The van der Waals surface area contributed by atoms with Gasteiger partial charge in [-0.15, -0.1) is 0 Å². The third-order valence-electron chi connectivity index (χ3n) is 2.83. The Morgan fingerprint density at radius 2 is 2.05 bits per heavy atom. The van der Waals surface area contributed by atoms with Gasteiger partial charge < -0.3 is 20.7 Å². The van der Waals surface area contributed by atoms with E-state index in [2.05, 4.69) is 15.0 Å². The van der Waals surface area contributed by atoms with Gasteiger partial charge >= 0.3 is 0 Å². The number of nitrogens with zero attached hydrogens (tertiary/aromatic N) is 4. The van der Waals surface area contributed by atoms with Crippen LogP contribution in [0.5, 0.6) is 0 Å². The lowest BCUT2D eigenvalue weighted by Crippen LogP contribution is -2.30. The van der Waals surface area contributed by atoms with E-state index >= 15 is 0 Å². The zero-order valence-corrected chi connectivity index (χ0v) is 12.1. The number of carbonyl (C=O) groups excluding carboxylic acids is 1. The minimum absolute atomic E-state index is 0.0316. The van der Waals surface area contributed by atoms with Crippen molar-refractivity contribution in [2.75, 3.05) is 34.2 Å². The minimum atomic E-state index is -0.144. The molecule has 0 fully saturated rings. The number of carbonyl (C=O) groups is 1. The van der Waals surface area contributed by atoms with Crippen molar-refractivity contribution >= 4 is 11.7 Å². The molecule has 0 atom stereocenters. The lowest BCUT2D eigenvalue weighted by atomic mass is 10.2. The molecule has 110 valence electrons. The first-order valence-corrected chi connectivity index (χ1v) is 6.30. The quantitative estimate of drug-likeness (QED) is 0.336. The molecule has 0 aromatic carbocycles. The normalized spacial score (nSPS) is 11.7. The fraction of sp³-hybridized carbons (Fsp3) is 0.462. The molecule has 0 aliphatic heterocycles. The van der Waals surface area contributed by atoms with Crippen LogP contribution in [0.2, 0.25) is 0 Å². The molecule has 0 spiro atoms. The van der Waals surface area contributed by atoms with E-state index < -0.39 is 0 Å². The maximum absolute atomic E-state index is 12.1. The third kappa shape index (κ3) is 4.51. The van der Waals surface area contributed by atoms with Crippen molar-refractivity contribution in [3.63, 3.8) is 0 Å². The Bertz CT molecular complexity index is 470. The minimum Gasteiger partial charge on any atom is -0.409 e. The summed E-state index contributed by atoms with van der Waals surface area (Å²) in [5.74, 6) is -0.175. The highest BCUT2D eigenvalue weighted by atomic mass is 16.4. The van der Waals surface area contributed by atoms with Gasteiger partial charge in [0.1, 0.15) is 5.69 Å². The molecular weight excluding hydrogens is 258 g/mol. The molecule has 20 heavy (non-hydrogen) atoms. The monoisotopic (exact) mass is 279 g/mol. The molecule has 0 bridgehead atoms. The summed E-state index contributed by atoms with van der Waals surface area (Å²) >= 11 is 0. The summed E-state index contributed by atoms with van der Waals surface area (Å²) in [6.45, 7) is 1.59. The summed E-state index contributed by atoms with van der Waals surface area (Å²) in [4.78, 5) is 19.9. The van der Waals surface area contributed by atoms with Crippen LogP contribution in [0.3, 0.4) is 0 Å². The second-order valence-electron chi connectivity index (χ2n) is 4.80. The number of amidine groups is 1. The first-order valence-electron chi connectivity index (χ1n) is 6.30. The Hall–Kier alpha value is -2.15. The molecule has 1 aromatic heterocycles. The number of hydrogen-bond acceptors (Lipinski definition) is 5. The van der Waals surface area contributed by atoms with Crippen LogP contribution >= 0.6 is 0 Å². The number of pyridine rings is 1. The van der Waals surface area contributed by atoms with Crippen molar-refractivity contribution in [1.29, 1.82) is 0 Å². The predicted molar refractivity (Wildman–Crippen MR) is 76.9 cm³/mol. The van der Waals surface area contributed by atoms with Crippen LogP contribution in [-0.4, -0.2) is 66.0 Å². The van der Waals surface area contributed by atoms with Gasteiger partial charge in [0.25, 0.3) is 5.91 Å². The van der Waals surface area contributed by atoms with E-state index in [9.17, 15) is 4.79 Å². The average Bonchev–Trinajstić information content (AvgIpc) is 2.45. The zero-order chi connectivity index (χ0) is 15.1. The van der Waals surface area contributed by atoms with Gasteiger partial charge in [0.2, 0.25) is 0 Å². The SMILES string of the molecule is CN(C)CCCN(C)C(=O)c1ccc(C(N)=NO)cn1. The van der Waals surface area contributed by atoms with Crippen LogP contribution in [0.4, 0.5) is 0 Å². The number of amides is 1. The summed E-state index contributed by atoms with van der Waals surface area (Å²) in [6, 6.07) is 3.17. The van der Waals surface area contributed by atoms with Gasteiger partial charge in [0, 0.05) is 25.4 Å². The predicted octanol–water partition coefficient (Wildman–Crippen LogP) is 0.200. The molecule has 0 saturated carbocycles. The topological polar surface area (TPSA) is 95.0 Å². The average molecular weight is 279 g/mol. The summed E-state index contributed by atoms with van der Waals surface area (Å²) in [7, 11) is 5.74. The summed E-state index contributed by atoms with van der Waals surface area (Å²) in [5.41, 5.74) is 6.25. The molecule has 0 saturated heterocycles. The molecule has 7 nitrogen and oxygen atoms in total. The van der Waals surface area contributed by atoms with Crippen molar-refractivity contribution in [3.05, 3.63) is 29.6 Å². The van der Waals surface area contributed by atoms with Gasteiger partial charge in [0.05, 0.1) is 0 Å².